The first kappa shape index (κ1) is 32.1. The zero-order chi connectivity index (χ0) is 28.8. The third-order valence-electron chi connectivity index (χ3n) is 7.71. The van der Waals surface area contributed by atoms with Crippen LogP contribution in [-0.2, 0) is 37.8 Å². The predicted octanol–water partition coefficient (Wildman–Crippen LogP) is 3.19. The topological polar surface area (TPSA) is 186 Å². The second-order valence-corrected chi connectivity index (χ2v) is 10.2. The minimum absolute atomic E-state index is 0.197. The lowest BCUT2D eigenvalue weighted by atomic mass is 9.49. The van der Waals surface area contributed by atoms with Crippen LogP contribution in [-0.4, -0.2) is 80.7 Å². The highest BCUT2D eigenvalue weighted by atomic mass is 16.7. The summed E-state index contributed by atoms with van der Waals surface area (Å²) in [5, 5.41) is 41.2. The number of hydrogen-bond acceptors (Lipinski definition) is 8. The third kappa shape index (κ3) is 5.20. The van der Waals surface area contributed by atoms with Crippen LogP contribution in [0.4, 0.5) is 0 Å². The quantitative estimate of drug-likeness (QED) is 0.197. The highest BCUT2D eigenvalue weighted by molar-refractivity contribution is 7.11. The van der Waals surface area contributed by atoms with Gasteiger partial charge in [-0.1, -0.05) is 79.1 Å². The van der Waals surface area contributed by atoms with E-state index >= 15 is 0 Å². The van der Waals surface area contributed by atoms with Crippen LogP contribution in [0.5, 0.6) is 0 Å². The van der Waals surface area contributed by atoms with Gasteiger partial charge in [-0.05, 0) is 25.7 Å². The number of rotatable bonds is 17. The summed E-state index contributed by atoms with van der Waals surface area (Å²) >= 11 is 0. The molecule has 12 nitrogen and oxygen atoms in total. The largest absolute Gasteiger partial charge is 0.489 e. The Morgan fingerprint density at radius 3 is 0.789 bits per heavy atom. The first-order valence-electron chi connectivity index (χ1n) is 13.5. The molecule has 2 saturated heterocycles. The summed E-state index contributed by atoms with van der Waals surface area (Å²) in [6.45, 7) is 7.24. The molecule has 2 aliphatic rings. The van der Waals surface area contributed by atoms with Crippen LogP contribution in [0.15, 0.2) is 0 Å². The average Bonchev–Trinajstić information content (AvgIpc) is 3.40. The zero-order valence-electron chi connectivity index (χ0n) is 22.7. The van der Waals surface area contributed by atoms with E-state index < -0.39 is 60.3 Å². The number of carboxylic acids is 4. The van der Waals surface area contributed by atoms with Crippen molar-refractivity contribution in [1.29, 1.82) is 0 Å². The van der Waals surface area contributed by atoms with Crippen LogP contribution in [0.1, 0.15) is 105 Å². The van der Waals surface area contributed by atoms with Crippen LogP contribution in [0.25, 0.3) is 0 Å². The van der Waals surface area contributed by atoms with Crippen molar-refractivity contribution in [2.75, 3.05) is 0 Å². The molecular formula is C24H40B2O12. The van der Waals surface area contributed by atoms with Gasteiger partial charge < -0.3 is 39.0 Å². The van der Waals surface area contributed by atoms with Gasteiger partial charge in [0, 0.05) is 0 Å². The molecule has 0 aliphatic carbocycles. The number of unbranched alkanes of at least 4 members (excludes halogenated alkanes) is 4. The van der Waals surface area contributed by atoms with Crippen LogP contribution < -0.4 is 0 Å². The average molecular weight is 542 g/mol. The molecule has 14 heteroatoms. The Hall–Kier alpha value is -2.15. The maximum Gasteiger partial charge on any atom is 0.489 e. The van der Waals surface area contributed by atoms with E-state index in [0.717, 1.165) is 0 Å². The number of carboxylic acid groups (broad SMARTS) is 4. The van der Waals surface area contributed by atoms with Crippen molar-refractivity contribution in [1.82, 2.24) is 0 Å². The van der Waals surface area contributed by atoms with Gasteiger partial charge in [-0.2, -0.15) is 0 Å². The van der Waals surface area contributed by atoms with Gasteiger partial charge in [0.25, 0.3) is 0 Å². The molecule has 2 rings (SSSR count). The first-order valence-corrected chi connectivity index (χ1v) is 13.5. The zero-order valence-corrected chi connectivity index (χ0v) is 22.7. The van der Waals surface area contributed by atoms with Crippen molar-refractivity contribution >= 4 is 37.9 Å². The van der Waals surface area contributed by atoms with Gasteiger partial charge in [-0.3, -0.25) is 0 Å². The molecular weight excluding hydrogens is 502 g/mol. The van der Waals surface area contributed by atoms with Crippen molar-refractivity contribution in [3.8, 4) is 0 Å². The van der Waals surface area contributed by atoms with E-state index in [-0.39, 0.29) is 25.7 Å². The maximum atomic E-state index is 12.7. The molecule has 4 unspecified atom stereocenters. The summed E-state index contributed by atoms with van der Waals surface area (Å²) in [6.07, 6.45) is 2.61. The molecule has 2 heterocycles. The van der Waals surface area contributed by atoms with Crippen molar-refractivity contribution in [3.63, 3.8) is 0 Å². The molecule has 38 heavy (non-hydrogen) atoms. The summed E-state index contributed by atoms with van der Waals surface area (Å²) in [5.41, 5.74) is -9.30. The molecule has 0 bridgehead atoms. The standard InChI is InChI=1S/C24H40B2O12/c1-5-9-13-21(17(27)28)22(18(29)30,14-10-6-2)36-25(35-21)26-37-23(19(31)32,15-11-7-3)24(38-26,20(33)34)16-12-8-4/h5-16H2,1-4H3,(H,27,28)(H,29,30)(H,31,32)(H,33,34). The minimum Gasteiger partial charge on any atom is -0.479 e. The van der Waals surface area contributed by atoms with Crippen molar-refractivity contribution in [3.05, 3.63) is 0 Å². The second-order valence-electron chi connectivity index (χ2n) is 10.2. The second kappa shape index (κ2) is 12.8. The van der Waals surface area contributed by atoms with E-state index in [2.05, 4.69) is 0 Å². The molecule has 2 aliphatic heterocycles. The van der Waals surface area contributed by atoms with Crippen LogP contribution in [0, 0.1) is 0 Å². The summed E-state index contributed by atoms with van der Waals surface area (Å²) in [7, 11) is -3.58. The molecule has 0 aromatic carbocycles. The molecule has 0 aromatic heterocycles. The lowest BCUT2D eigenvalue weighted by Crippen LogP contribution is -2.61. The smallest absolute Gasteiger partial charge is 0.479 e. The lowest BCUT2D eigenvalue weighted by Gasteiger charge is -2.38. The van der Waals surface area contributed by atoms with E-state index in [4.69, 9.17) is 18.6 Å². The summed E-state index contributed by atoms with van der Waals surface area (Å²) in [6, 6.07) is 0. The van der Waals surface area contributed by atoms with E-state index in [1.807, 2.05) is 27.7 Å². The summed E-state index contributed by atoms with van der Waals surface area (Å²) < 4.78 is 23.5. The minimum atomic E-state index is -2.32. The normalized spacial score (nSPS) is 31.1. The van der Waals surface area contributed by atoms with Crippen molar-refractivity contribution < 1.29 is 58.2 Å². The van der Waals surface area contributed by atoms with Gasteiger partial charge in [0.15, 0.2) is 22.4 Å². The molecule has 0 saturated carbocycles. The van der Waals surface area contributed by atoms with E-state index in [1.165, 1.54) is 0 Å². The molecule has 0 spiro atoms. The lowest BCUT2D eigenvalue weighted by molar-refractivity contribution is -0.183. The predicted molar refractivity (Wildman–Crippen MR) is 135 cm³/mol. The van der Waals surface area contributed by atoms with Gasteiger partial charge in [0.2, 0.25) is 0 Å². The first-order chi connectivity index (χ1) is 17.9. The SMILES string of the molecule is CCCCC1(C(=O)O)OB(B2OC(CCCC)(C(=O)O)C(CCCC)(C(=O)O)O2)OC1(CCCC)C(=O)O. The molecule has 0 amide bonds. The fourth-order valence-electron chi connectivity index (χ4n) is 5.51. The van der Waals surface area contributed by atoms with Crippen molar-refractivity contribution in [2.45, 2.75) is 127 Å². The molecule has 4 atom stereocenters. The van der Waals surface area contributed by atoms with Crippen molar-refractivity contribution in [2.24, 2.45) is 0 Å². The maximum absolute atomic E-state index is 12.7. The molecule has 0 aromatic rings. The van der Waals surface area contributed by atoms with Crippen LogP contribution >= 0.6 is 0 Å². The third-order valence-corrected chi connectivity index (χ3v) is 7.71. The number of carbonyl (C=O) groups is 4. The summed E-state index contributed by atoms with van der Waals surface area (Å²) in [5.74, 6) is -6.18. The monoisotopic (exact) mass is 542 g/mol. The van der Waals surface area contributed by atoms with Gasteiger partial charge in [0.1, 0.15) is 0 Å². The number of hydrogen-bond donors (Lipinski definition) is 4. The Morgan fingerprint density at radius 1 is 0.474 bits per heavy atom. The molecule has 0 radical (unpaired) electrons. The van der Waals surface area contributed by atoms with Gasteiger partial charge >= 0.3 is 37.9 Å². The Morgan fingerprint density at radius 2 is 0.658 bits per heavy atom. The fourth-order valence-corrected chi connectivity index (χ4v) is 5.51. The van der Waals surface area contributed by atoms with Gasteiger partial charge in [0.05, 0.1) is 0 Å². The van der Waals surface area contributed by atoms with E-state index in [9.17, 15) is 39.6 Å². The van der Waals surface area contributed by atoms with E-state index in [1.54, 1.807) is 0 Å². The Balaban J connectivity index is 2.67. The summed E-state index contributed by atoms with van der Waals surface area (Å²) in [4.78, 5) is 50.8. The molecule has 2 fully saturated rings. The van der Waals surface area contributed by atoms with Crippen LogP contribution in [0.3, 0.4) is 0 Å². The highest BCUT2D eigenvalue weighted by Gasteiger charge is 2.78. The fraction of sp³-hybridized carbons (Fsp3) is 0.833. The molecule has 4 N–H and O–H groups in total. The number of aliphatic carboxylic acids is 4. The van der Waals surface area contributed by atoms with Crippen LogP contribution in [0.2, 0.25) is 0 Å². The van der Waals surface area contributed by atoms with Gasteiger partial charge in [-0.25, -0.2) is 19.2 Å². The Labute approximate surface area is 223 Å². The van der Waals surface area contributed by atoms with Gasteiger partial charge in [-0.15, -0.1) is 0 Å². The Bertz CT molecular complexity index is 748. The van der Waals surface area contributed by atoms with E-state index in [0.29, 0.717) is 51.4 Å². The highest BCUT2D eigenvalue weighted by Crippen LogP contribution is 2.50. The Kier molecular flexibility index (Phi) is 10.8. The molecule has 214 valence electrons.